The summed E-state index contributed by atoms with van der Waals surface area (Å²) in [5.41, 5.74) is -1.47. The maximum absolute atomic E-state index is 12.7. The van der Waals surface area contributed by atoms with E-state index in [2.05, 4.69) is 9.97 Å². The van der Waals surface area contributed by atoms with Crippen molar-refractivity contribution in [2.45, 2.75) is 6.43 Å². The lowest BCUT2D eigenvalue weighted by Crippen LogP contribution is -2.13. The second-order valence-corrected chi connectivity index (χ2v) is 3.46. The molecule has 19 heavy (non-hydrogen) atoms. The van der Waals surface area contributed by atoms with Crippen molar-refractivity contribution >= 4 is 0 Å². The molecule has 0 bridgehead atoms. The summed E-state index contributed by atoms with van der Waals surface area (Å²) < 4.78 is 30.6. The van der Waals surface area contributed by atoms with E-state index in [9.17, 15) is 13.6 Å². The zero-order chi connectivity index (χ0) is 13.8. The zero-order valence-electron chi connectivity index (χ0n) is 9.43. The highest BCUT2D eigenvalue weighted by Gasteiger charge is 2.20. The lowest BCUT2D eigenvalue weighted by Gasteiger charge is -2.09. The summed E-state index contributed by atoms with van der Waals surface area (Å²) in [6.45, 7) is 0. The number of nitriles is 1. The number of aromatic nitrogens is 2. The van der Waals surface area contributed by atoms with Gasteiger partial charge in [-0.05, 0) is 12.1 Å². The molecule has 1 heterocycles. The Labute approximate surface area is 106 Å². The number of rotatable bonds is 3. The average molecular weight is 263 g/mol. The van der Waals surface area contributed by atoms with Crippen LogP contribution in [0.1, 0.15) is 17.7 Å². The molecular formula is C12H7F2N3O2. The van der Waals surface area contributed by atoms with Gasteiger partial charge in [-0.1, -0.05) is 12.1 Å². The van der Waals surface area contributed by atoms with Crippen molar-refractivity contribution in [2.24, 2.45) is 0 Å². The van der Waals surface area contributed by atoms with Gasteiger partial charge in [0.1, 0.15) is 11.8 Å². The van der Waals surface area contributed by atoms with E-state index >= 15 is 0 Å². The van der Waals surface area contributed by atoms with Crippen LogP contribution in [-0.2, 0) is 0 Å². The first kappa shape index (κ1) is 12.7. The van der Waals surface area contributed by atoms with Gasteiger partial charge in [-0.15, -0.1) is 0 Å². The van der Waals surface area contributed by atoms with Gasteiger partial charge in [0.05, 0.1) is 11.9 Å². The predicted octanol–water partition coefficient (Wildman–Crippen LogP) is 2.37. The van der Waals surface area contributed by atoms with Gasteiger partial charge in [-0.2, -0.15) is 5.26 Å². The molecule has 5 nitrogen and oxygen atoms in total. The van der Waals surface area contributed by atoms with E-state index in [-0.39, 0.29) is 11.3 Å². The number of ether oxygens (including phenoxy) is 1. The molecule has 0 atom stereocenters. The Morgan fingerprint density at radius 2 is 2.11 bits per heavy atom. The molecule has 0 saturated carbocycles. The van der Waals surface area contributed by atoms with E-state index < -0.39 is 23.4 Å². The van der Waals surface area contributed by atoms with Crippen LogP contribution in [0, 0.1) is 11.3 Å². The van der Waals surface area contributed by atoms with E-state index in [1.807, 2.05) is 6.07 Å². The summed E-state index contributed by atoms with van der Waals surface area (Å²) >= 11 is 0. The number of H-pyrrole nitrogens is 1. The van der Waals surface area contributed by atoms with Crippen LogP contribution in [0.2, 0.25) is 0 Å². The van der Waals surface area contributed by atoms with Crippen LogP contribution >= 0.6 is 0 Å². The van der Waals surface area contributed by atoms with Crippen LogP contribution in [0.3, 0.4) is 0 Å². The topological polar surface area (TPSA) is 78.8 Å². The molecular weight excluding hydrogens is 256 g/mol. The number of halogens is 2. The lowest BCUT2D eigenvalue weighted by molar-refractivity contribution is 0.142. The van der Waals surface area contributed by atoms with E-state index in [0.717, 1.165) is 6.33 Å². The first-order chi connectivity index (χ1) is 9.13. The van der Waals surface area contributed by atoms with Crippen molar-refractivity contribution in [3.63, 3.8) is 0 Å². The number of para-hydroxylation sites is 1. The van der Waals surface area contributed by atoms with Gasteiger partial charge in [-0.25, -0.2) is 13.8 Å². The Kier molecular flexibility index (Phi) is 3.52. The highest BCUT2D eigenvalue weighted by molar-refractivity contribution is 5.45. The maximum atomic E-state index is 12.7. The fourth-order valence-electron chi connectivity index (χ4n) is 1.41. The smallest absolute Gasteiger partial charge is 0.294 e. The van der Waals surface area contributed by atoms with E-state index in [4.69, 9.17) is 10.00 Å². The summed E-state index contributed by atoms with van der Waals surface area (Å²) in [6, 6.07) is 7.84. The first-order valence-corrected chi connectivity index (χ1v) is 5.16. The Bertz CT molecular complexity index is 692. The van der Waals surface area contributed by atoms with Crippen LogP contribution in [-0.4, -0.2) is 9.97 Å². The summed E-state index contributed by atoms with van der Waals surface area (Å²) in [5, 5.41) is 8.86. The molecule has 1 aromatic heterocycles. The second kappa shape index (κ2) is 5.27. The standard InChI is InChI=1S/C12H7F2N3O2/c13-11(14)9-10(12(18)17-6-16-9)19-8-4-2-1-3-7(8)5-15/h1-4,6,11H,(H,16,17,18). The van der Waals surface area contributed by atoms with Gasteiger partial charge in [0.25, 0.3) is 12.0 Å². The van der Waals surface area contributed by atoms with Gasteiger partial charge >= 0.3 is 0 Å². The monoisotopic (exact) mass is 263 g/mol. The summed E-state index contributed by atoms with van der Waals surface area (Å²) in [7, 11) is 0. The van der Waals surface area contributed by atoms with E-state index in [1.54, 1.807) is 12.1 Å². The number of alkyl halides is 2. The van der Waals surface area contributed by atoms with Gasteiger partial charge in [0.15, 0.2) is 5.69 Å². The molecule has 0 saturated heterocycles. The predicted molar refractivity (Wildman–Crippen MR) is 61.0 cm³/mol. The highest BCUT2D eigenvalue weighted by atomic mass is 19.3. The number of aromatic amines is 1. The SMILES string of the molecule is N#Cc1ccccc1Oc1c(C(F)F)nc[nH]c1=O. The molecule has 2 aromatic rings. The van der Waals surface area contributed by atoms with E-state index in [1.165, 1.54) is 12.1 Å². The van der Waals surface area contributed by atoms with Crippen LogP contribution < -0.4 is 10.3 Å². The Morgan fingerprint density at radius 1 is 1.37 bits per heavy atom. The highest BCUT2D eigenvalue weighted by Crippen LogP contribution is 2.28. The minimum atomic E-state index is -2.95. The Balaban J connectivity index is 2.50. The van der Waals surface area contributed by atoms with Crippen LogP contribution in [0.5, 0.6) is 11.5 Å². The quantitative estimate of drug-likeness (QED) is 0.921. The normalized spacial score (nSPS) is 10.2. The van der Waals surface area contributed by atoms with Crippen molar-refractivity contribution < 1.29 is 13.5 Å². The Morgan fingerprint density at radius 3 is 2.79 bits per heavy atom. The molecule has 0 radical (unpaired) electrons. The van der Waals surface area contributed by atoms with Crippen molar-refractivity contribution in [2.75, 3.05) is 0 Å². The fraction of sp³-hybridized carbons (Fsp3) is 0.0833. The third-order valence-corrected chi connectivity index (χ3v) is 2.26. The summed E-state index contributed by atoms with van der Waals surface area (Å²) in [4.78, 5) is 17.0. The van der Waals surface area contributed by atoms with Gasteiger partial charge in [0.2, 0.25) is 5.75 Å². The summed E-state index contributed by atoms with van der Waals surface area (Å²) in [6.07, 6.45) is -2.08. The molecule has 7 heteroatoms. The molecule has 0 aliphatic heterocycles. The molecule has 0 fully saturated rings. The number of hydrogen-bond acceptors (Lipinski definition) is 4. The minimum absolute atomic E-state index is 0.0189. The Hall–Kier alpha value is -2.75. The maximum Gasteiger partial charge on any atom is 0.294 e. The van der Waals surface area contributed by atoms with Crippen LogP contribution in [0.25, 0.3) is 0 Å². The van der Waals surface area contributed by atoms with Crippen molar-refractivity contribution in [3.8, 4) is 17.6 Å². The van der Waals surface area contributed by atoms with E-state index in [0.29, 0.717) is 0 Å². The number of nitrogens with one attached hydrogen (secondary N) is 1. The third kappa shape index (κ3) is 2.57. The minimum Gasteiger partial charge on any atom is -0.448 e. The molecule has 0 unspecified atom stereocenters. The molecule has 0 amide bonds. The number of hydrogen-bond donors (Lipinski definition) is 1. The van der Waals surface area contributed by atoms with Crippen LogP contribution in [0.15, 0.2) is 35.4 Å². The van der Waals surface area contributed by atoms with Crippen LogP contribution in [0.4, 0.5) is 8.78 Å². The van der Waals surface area contributed by atoms with Gasteiger partial charge < -0.3 is 9.72 Å². The molecule has 1 aromatic carbocycles. The summed E-state index contributed by atoms with van der Waals surface area (Å²) in [5.74, 6) is -0.592. The lowest BCUT2D eigenvalue weighted by atomic mass is 10.2. The fourth-order valence-corrected chi connectivity index (χ4v) is 1.41. The molecule has 0 aliphatic rings. The van der Waals surface area contributed by atoms with Crippen molar-refractivity contribution in [1.29, 1.82) is 5.26 Å². The average Bonchev–Trinajstić information content (AvgIpc) is 2.41. The molecule has 0 spiro atoms. The first-order valence-electron chi connectivity index (χ1n) is 5.16. The van der Waals surface area contributed by atoms with Gasteiger partial charge in [0, 0.05) is 0 Å². The zero-order valence-corrected chi connectivity index (χ0v) is 9.43. The number of benzene rings is 1. The van der Waals surface area contributed by atoms with Crippen molar-refractivity contribution in [3.05, 3.63) is 52.2 Å². The van der Waals surface area contributed by atoms with Gasteiger partial charge in [-0.3, -0.25) is 4.79 Å². The molecule has 1 N–H and O–H groups in total. The third-order valence-electron chi connectivity index (χ3n) is 2.26. The van der Waals surface area contributed by atoms with Crippen molar-refractivity contribution in [1.82, 2.24) is 9.97 Å². The molecule has 0 aliphatic carbocycles. The molecule has 96 valence electrons. The second-order valence-electron chi connectivity index (χ2n) is 3.46. The largest absolute Gasteiger partial charge is 0.448 e. The molecule has 2 rings (SSSR count). The number of nitrogens with zero attached hydrogens (tertiary/aromatic N) is 2.